The minimum atomic E-state index is -0.426. The van der Waals surface area contributed by atoms with Crippen molar-refractivity contribution in [1.82, 2.24) is 4.90 Å². The number of rotatable bonds is 2. The van der Waals surface area contributed by atoms with E-state index in [0.717, 1.165) is 12.8 Å². The van der Waals surface area contributed by atoms with Crippen LogP contribution in [-0.4, -0.2) is 35.2 Å². The molecule has 2 unspecified atom stereocenters. The molecular formula is C11H22N2O2. The molecule has 0 aromatic carbocycles. The minimum absolute atomic E-state index is 0.171. The number of carbonyl (C=O) groups is 1. The zero-order valence-electron chi connectivity index (χ0n) is 10.1. The van der Waals surface area contributed by atoms with Crippen LogP contribution in [-0.2, 0) is 4.74 Å². The Morgan fingerprint density at radius 3 is 2.47 bits per heavy atom. The molecule has 0 aliphatic carbocycles. The molecule has 0 spiro atoms. The highest BCUT2D eigenvalue weighted by molar-refractivity contribution is 5.70. The first-order valence-corrected chi connectivity index (χ1v) is 5.60. The lowest BCUT2D eigenvalue weighted by atomic mass is 9.91. The van der Waals surface area contributed by atoms with Crippen molar-refractivity contribution in [2.75, 3.05) is 6.54 Å². The monoisotopic (exact) mass is 214 g/mol. The Morgan fingerprint density at radius 2 is 2.07 bits per heavy atom. The Hall–Kier alpha value is -0.770. The predicted octanol–water partition coefficient (Wildman–Crippen LogP) is 1.73. The van der Waals surface area contributed by atoms with Gasteiger partial charge in [-0.05, 0) is 33.6 Å². The van der Waals surface area contributed by atoms with Crippen molar-refractivity contribution in [3.8, 4) is 0 Å². The Labute approximate surface area is 91.8 Å². The summed E-state index contributed by atoms with van der Waals surface area (Å²) < 4.78 is 5.34. The molecule has 0 bridgehead atoms. The number of amides is 1. The fraction of sp³-hybridized carbons (Fsp3) is 0.909. The summed E-state index contributed by atoms with van der Waals surface area (Å²) in [7, 11) is 0. The van der Waals surface area contributed by atoms with E-state index in [9.17, 15) is 4.79 Å². The van der Waals surface area contributed by atoms with E-state index in [4.69, 9.17) is 10.5 Å². The number of nitrogens with zero attached hydrogens (tertiary/aromatic N) is 1. The molecule has 1 aliphatic rings. The SMILES string of the molecule is CCC1CC(CN)N1C(=O)OC(C)(C)C. The molecule has 15 heavy (non-hydrogen) atoms. The highest BCUT2D eigenvalue weighted by Crippen LogP contribution is 2.29. The van der Waals surface area contributed by atoms with Crippen LogP contribution in [0.25, 0.3) is 0 Å². The molecule has 1 rings (SSSR count). The van der Waals surface area contributed by atoms with Gasteiger partial charge in [0.25, 0.3) is 0 Å². The number of nitrogens with two attached hydrogens (primary N) is 1. The molecule has 2 N–H and O–H groups in total. The van der Waals surface area contributed by atoms with Crippen LogP contribution in [0.15, 0.2) is 0 Å². The molecule has 1 amide bonds. The van der Waals surface area contributed by atoms with Gasteiger partial charge in [0.2, 0.25) is 0 Å². The van der Waals surface area contributed by atoms with Crippen molar-refractivity contribution >= 4 is 6.09 Å². The van der Waals surface area contributed by atoms with Crippen molar-refractivity contribution in [2.45, 2.75) is 58.2 Å². The van der Waals surface area contributed by atoms with Gasteiger partial charge in [-0.2, -0.15) is 0 Å². The molecule has 1 saturated heterocycles. The maximum atomic E-state index is 11.8. The molecule has 88 valence electrons. The number of hydrogen-bond donors (Lipinski definition) is 1. The van der Waals surface area contributed by atoms with Gasteiger partial charge in [-0.15, -0.1) is 0 Å². The largest absolute Gasteiger partial charge is 0.444 e. The Kier molecular flexibility index (Phi) is 3.60. The first-order chi connectivity index (χ1) is 6.89. The lowest BCUT2D eigenvalue weighted by Crippen LogP contribution is -2.61. The molecule has 1 heterocycles. The summed E-state index contributed by atoms with van der Waals surface area (Å²) in [4.78, 5) is 13.6. The maximum absolute atomic E-state index is 11.8. The Morgan fingerprint density at radius 1 is 1.47 bits per heavy atom. The summed E-state index contributed by atoms with van der Waals surface area (Å²) in [6.45, 7) is 8.24. The van der Waals surface area contributed by atoms with Crippen LogP contribution in [0, 0.1) is 0 Å². The zero-order valence-corrected chi connectivity index (χ0v) is 10.1. The fourth-order valence-corrected chi connectivity index (χ4v) is 1.89. The molecule has 0 saturated carbocycles. The third-order valence-electron chi connectivity index (χ3n) is 2.68. The van der Waals surface area contributed by atoms with Crippen molar-refractivity contribution < 1.29 is 9.53 Å². The van der Waals surface area contributed by atoms with Gasteiger partial charge in [0.1, 0.15) is 5.60 Å². The summed E-state index contributed by atoms with van der Waals surface area (Å²) in [6.07, 6.45) is 1.75. The molecule has 2 atom stereocenters. The fourth-order valence-electron chi connectivity index (χ4n) is 1.89. The van der Waals surface area contributed by atoms with Crippen LogP contribution in [0.2, 0.25) is 0 Å². The van der Waals surface area contributed by atoms with Crippen LogP contribution in [0.4, 0.5) is 4.79 Å². The summed E-state index contributed by atoms with van der Waals surface area (Å²) >= 11 is 0. The maximum Gasteiger partial charge on any atom is 0.410 e. The van der Waals surface area contributed by atoms with Crippen molar-refractivity contribution in [1.29, 1.82) is 0 Å². The van der Waals surface area contributed by atoms with Gasteiger partial charge in [-0.3, -0.25) is 0 Å². The lowest BCUT2D eigenvalue weighted by Gasteiger charge is -2.47. The Bertz CT molecular complexity index is 225. The van der Waals surface area contributed by atoms with E-state index in [1.54, 1.807) is 4.90 Å². The third-order valence-corrected chi connectivity index (χ3v) is 2.68. The van der Waals surface area contributed by atoms with Crippen LogP contribution in [0.1, 0.15) is 40.5 Å². The first kappa shape index (κ1) is 12.3. The van der Waals surface area contributed by atoms with Gasteiger partial charge in [-0.1, -0.05) is 6.92 Å². The molecular weight excluding hydrogens is 192 g/mol. The van der Waals surface area contributed by atoms with E-state index in [1.807, 2.05) is 20.8 Å². The highest BCUT2D eigenvalue weighted by Gasteiger charge is 2.41. The highest BCUT2D eigenvalue weighted by atomic mass is 16.6. The van der Waals surface area contributed by atoms with Gasteiger partial charge < -0.3 is 15.4 Å². The second-order valence-corrected chi connectivity index (χ2v) is 5.07. The standard InChI is InChI=1S/C11H22N2O2/c1-5-8-6-9(7-12)13(8)10(14)15-11(2,3)4/h8-9H,5-7,12H2,1-4H3. The van der Waals surface area contributed by atoms with E-state index in [0.29, 0.717) is 12.6 Å². The second kappa shape index (κ2) is 4.39. The number of likely N-dealkylation sites (tertiary alicyclic amines) is 1. The number of carbonyl (C=O) groups excluding carboxylic acids is 1. The topological polar surface area (TPSA) is 55.6 Å². The lowest BCUT2D eigenvalue weighted by molar-refractivity contribution is -0.0299. The van der Waals surface area contributed by atoms with Crippen molar-refractivity contribution in [2.24, 2.45) is 5.73 Å². The van der Waals surface area contributed by atoms with E-state index < -0.39 is 5.60 Å². The summed E-state index contributed by atoms with van der Waals surface area (Å²) in [6, 6.07) is 0.484. The summed E-state index contributed by atoms with van der Waals surface area (Å²) in [5, 5.41) is 0. The smallest absolute Gasteiger partial charge is 0.410 e. The molecule has 0 radical (unpaired) electrons. The predicted molar refractivity (Wildman–Crippen MR) is 59.6 cm³/mol. The van der Waals surface area contributed by atoms with Gasteiger partial charge in [0.05, 0.1) is 0 Å². The molecule has 4 heteroatoms. The van der Waals surface area contributed by atoms with Gasteiger partial charge >= 0.3 is 6.09 Å². The zero-order chi connectivity index (χ0) is 11.6. The molecule has 0 aromatic heterocycles. The second-order valence-electron chi connectivity index (χ2n) is 5.07. The van der Waals surface area contributed by atoms with Crippen molar-refractivity contribution in [3.05, 3.63) is 0 Å². The van der Waals surface area contributed by atoms with E-state index in [-0.39, 0.29) is 12.1 Å². The van der Waals surface area contributed by atoms with Crippen LogP contribution < -0.4 is 5.73 Å². The van der Waals surface area contributed by atoms with Gasteiger partial charge in [0.15, 0.2) is 0 Å². The van der Waals surface area contributed by atoms with E-state index >= 15 is 0 Å². The summed E-state index contributed by atoms with van der Waals surface area (Å²) in [5.74, 6) is 0. The average Bonchev–Trinajstić information content (AvgIpc) is 1.99. The minimum Gasteiger partial charge on any atom is -0.444 e. The molecule has 0 aromatic rings. The third kappa shape index (κ3) is 2.84. The molecule has 1 aliphatic heterocycles. The van der Waals surface area contributed by atoms with Crippen LogP contribution in [0.3, 0.4) is 0 Å². The molecule has 4 nitrogen and oxygen atoms in total. The number of ether oxygens (including phenoxy) is 1. The normalized spacial score (nSPS) is 26.1. The first-order valence-electron chi connectivity index (χ1n) is 5.60. The average molecular weight is 214 g/mol. The Balaban J connectivity index is 2.56. The summed E-state index contributed by atoms with van der Waals surface area (Å²) in [5.41, 5.74) is 5.17. The van der Waals surface area contributed by atoms with Crippen molar-refractivity contribution in [3.63, 3.8) is 0 Å². The van der Waals surface area contributed by atoms with Gasteiger partial charge in [-0.25, -0.2) is 4.79 Å². The number of hydrogen-bond acceptors (Lipinski definition) is 3. The quantitative estimate of drug-likeness (QED) is 0.761. The van der Waals surface area contributed by atoms with E-state index in [2.05, 4.69) is 6.92 Å². The van der Waals surface area contributed by atoms with E-state index in [1.165, 1.54) is 0 Å². The van der Waals surface area contributed by atoms with Crippen LogP contribution in [0.5, 0.6) is 0 Å². The molecule has 1 fully saturated rings. The van der Waals surface area contributed by atoms with Crippen LogP contribution >= 0.6 is 0 Å². The van der Waals surface area contributed by atoms with Gasteiger partial charge in [0, 0.05) is 18.6 Å².